The van der Waals surface area contributed by atoms with Crippen LogP contribution in [-0.4, -0.2) is 24.4 Å². The van der Waals surface area contributed by atoms with E-state index in [0.29, 0.717) is 17.4 Å². The number of nitrogens with one attached hydrogen (secondary N) is 2. The van der Waals surface area contributed by atoms with Crippen LogP contribution in [0.1, 0.15) is 17.3 Å². The van der Waals surface area contributed by atoms with Gasteiger partial charge in [-0.05, 0) is 36.4 Å². The van der Waals surface area contributed by atoms with Gasteiger partial charge in [-0.3, -0.25) is 9.59 Å². The van der Waals surface area contributed by atoms with Crippen molar-refractivity contribution in [1.82, 2.24) is 0 Å². The van der Waals surface area contributed by atoms with Gasteiger partial charge in [0.2, 0.25) is 5.91 Å². The molecule has 2 aromatic carbocycles. The monoisotopic (exact) mass is 348 g/mol. The first-order chi connectivity index (χ1) is 11.8. The Morgan fingerprint density at radius 1 is 0.960 bits per heavy atom. The van der Waals surface area contributed by atoms with Crippen molar-refractivity contribution in [1.29, 1.82) is 0 Å². The number of carbonyl (C=O) groups is 3. The van der Waals surface area contributed by atoms with E-state index in [1.165, 1.54) is 6.92 Å². The smallest absolute Gasteiger partial charge is 0.341 e. The average Bonchev–Trinajstić information content (AvgIpc) is 2.54. The Labute approximate surface area is 141 Å². The lowest BCUT2D eigenvalue weighted by Gasteiger charge is -2.08. The van der Waals surface area contributed by atoms with Gasteiger partial charge in [0.25, 0.3) is 5.91 Å². The van der Waals surface area contributed by atoms with Gasteiger partial charge in [0.1, 0.15) is 11.6 Å². The second-order valence-electron chi connectivity index (χ2n) is 5.01. The Bertz CT molecular complexity index is 807. The third-order valence-electron chi connectivity index (χ3n) is 2.97. The van der Waals surface area contributed by atoms with E-state index >= 15 is 0 Å². The average molecular weight is 348 g/mol. The SMILES string of the molecule is CC(=O)Nc1ccc(NC(=O)COC(=O)c2ccc(F)cc2F)cc1. The second-order valence-corrected chi connectivity index (χ2v) is 5.01. The Morgan fingerprint density at radius 2 is 1.56 bits per heavy atom. The molecule has 2 aromatic rings. The standard InChI is InChI=1S/C17H14F2N2O4/c1-10(22)20-12-3-5-13(6-4-12)21-16(23)9-25-17(24)14-7-2-11(18)8-15(14)19/h2-8H,9H2,1H3,(H,20,22)(H,21,23). The number of hydrogen-bond acceptors (Lipinski definition) is 4. The minimum Gasteiger partial charge on any atom is -0.452 e. The van der Waals surface area contributed by atoms with Gasteiger partial charge in [-0.2, -0.15) is 0 Å². The molecule has 0 saturated heterocycles. The van der Waals surface area contributed by atoms with E-state index in [9.17, 15) is 23.2 Å². The third kappa shape index (κ3) is 5.38. The highest BCUT2D eigenvalue weighted by Gasteiger charge is 2.15. The number of hydrogen-bond donors (Lipinski definition) is 2. The van der Waals surface area contributed by atoms with Crippen molar-refractivity contribution in [2.75, 3.05) is 17.2 Å². The van der Waals surface area contributed by atoms with Crippen LogP contribution in [0.4, 0.5) is 20.2 Å². The van der Waals surface area contributed by atoms with E-state index in [4.69, 9.17) is 0 Å². The lowest BCUT2D eigenvalue weighted by Crippen LogP contribution is -2.21. The summed E-state index contributed by atoms with van der Waals surface area (Å²) in [6, 6.07) is 8.65. The molecule has 0 aliphatic carbocycles. The fourth-order valence-electron chi connectivity index (χ4n) is 1.90. The van der Waals surface area contributed by atoms with Gasteiger partial charge in [0, 0.05) is 24.4 Å². The largest absolute Gasteiger partial charge is 0.452 e. The summed E-state index contributed by atoms with van der Waals surface area (Å²) in [5, 5.41) is 5.04. The van der Waals surface area contributed by atoms with Crippen molar-refractivity contribution in [2.45, 2.75) is 6.92 Å². The summed E-state index contributed by atoms with van der Waals surface area (Å²) in [4.78, 5) is 34.3. The molecule has 0 fully saturated rings. The molecule has 2 amide bonds. The van der Waals surface area contributed by atoms with Gasteiger partial charge in [-0.15, -0.1) is 0 Å². The highest BCUT2D eigenvalue weighted by Crippen LogP contribution is 2.14. The summed E-state index contributed by atoms with van der Waals surface area (Å²) < 4.78 is 30.9. The van der Waals surface area contributed by atoms with Gasteiger partial charge in [0.05, 0.1) is 5.56 Å². The van der Waals surface area contributed by atoms with E-state index in [1.54, 1.807) is 24.3 Å². The van der Waals surface area contributed by atoms with Crippen LogP contribution in [-0.2, 0) is 14.3 Å². The number of esters is 1. The Hall–Kier alpha value is -3.29. The molecule has 0 aromatic heterocycles. The summed E-state index contributed by atoms with van der Waals surface area (Å²) in [5.41, 5.74) is 0.515. The highest BCUT2D eigenvalue weighted by molar-refractivity contribution is 5.96. The molecule has 0 atom stereocenters. The predicted molar refractivity (Wildman–Crippen MR) is 86.0 cm³/mol. The maximum absolute atomic E-state index is 13.4. The minimum absolute atomic E-state index is 0.225. The lowest BCUT2D eigenvalue weighted by atomic mass is 10.2. The van der Waals surface area contributed by atoms with Gasteiger partial charge in [0.15, 0.2) is 6.61 Å². The number of carbonyl (C=O) groups excluding carboxylic acids is 3. The normalized spacial score (nSPS) is 10.0. The van der Waals surface area contributed by atoms with Crippen LogP contribution in [0.5, 0.6) is 0 Å². The van der Waals surface area contributed by atoms with E-state index in [1.807, 2.05) is 0 Å². The van der Waals surface area contributed by atoms with Gasteiger partial charge in [-0.1, -0.05) is 0 Å². The minimum atomic E-state index is -1.08. The number of rotatable bonds is 5. The topological polar surface area (TPSA) is 84.5 Å². The molecule has 0 radical (unpaired) electrons. The maximum Gasteiger partial charge on any atom is 0.341 e. The van der Waals surface area contributed by atoms with Crippen LogP contribution in [0.2, 0.25) is 0 Å². The third-order valence-corrected chi connectivity index (χ3v) is 2.97. The molecular formula is C17H14F2N2O4. The van der Waals surface area contributed by atoms with Gasteiger partial charge in [-0.25, -0.2) is 13.6 Å². The Kier molecular flexibility index (Phi) is 5.78. The van der Waals surface area contributed by atoms with Crippen LogP contribution in [0.3, 0.4) is 0 Å². The summed E-state index contributed by atoms with van der Waals surface area (Å²) in [6.45, 7) is 0.733. The van der Waals surface area contributed by atoms with Crippen molar-refractivity contribution in [2.24, 2.45) is 0 Å². The van der Waals surface area contributed by atoms with Crippen molar-refractivity contribution >= 4 is 29.2 Å². The van der Waals surface area contributed by atoms with Crippen LogP contribution < -0.4 is 10.6 Å². The number of ether oxygens (including phenoxy) is 1. The van der Waals surface area contributed by atoms with Crippen LogP contribution in [0.25, 0.3) is 0 Å². The number of halogens is 2. The van der Waals surface area contributed by atoms with Crippen LogP contribution in [0, 0.1) is 11.6 Å². The molecule has 2 rings (SSSR count). The first-order valence-corrected chi connectivity index (χ1v) is 7.15. The molecule has 0 spiro atoms. The summed E-state index contributed by atoms with van der Waals surface area (Å²) in [6.07, 6.45) is 0. The number of anilines is 2. The zero-order chi connectivity index (χ0) is 18.4. The fourth-order valence-corrected chi connectivity index (χ4v) is 1.90. The Morgan fingerprint density at radius 3 is 2.12 bits per heavy atom. The van der Waals surface area contributed by atoms with Crippen molar-refractivity contribution in [3.05, 3.63) is 59.7 Å². The van der Waals surface area contributed by atoms with Crippen LogP contribution in [0.15, 0.2) is 42.5 Å². The van der Waals surface area contributed by atoms with E-state index in [0.717, 1.165) is 12.1 Å². The van der Waals surface area contributed by atoms with E-state index in [2.05, 4.69) is 15.4 Å². The molecule has 0 aliphatic rings. The van der Waals surface area contributed by atoms with Gasteiger partial charge < -0.3 is 15.4 Å². The molecule has 2 N–H and O–H groups in total. The quantitative estimate of drug-likeness (QED) is 0.814. The molecule has 0 unspecified atom stereocenters. The fraction of sp³-hybridized carbons (Fsp3) is 0.118. The van der Waals surface area contributed by atoms with Crippen molar-refractivity contribution in [3.63, 3.8) is 0 Å². The maximum atomic E-state index is 13.4. The van der Waals surface area contributed by atoms with Crippen molar-refractivity contribution < 1.29 is 27.9 Å². The highest BCUT2D eigenvalue weighted by atomic mass is 19.1. The number of benzene rings is 2. The molecule has 130 valence electrons. The van der Waals surface area contributed by atoms with Crippen molar-refractivity contribution in [3.8, 4) is 0 Å². The molecule has 0 aliphatic heterocycles. The first kappa shape index (κ1) is 18.1. The number of amides is 2. The molecule has 0 bridgehead atoms. The lowest BCUT2D eigenvalue weighted by molar-refractivity contribution is -0.119. The molecule has 8 heteroatoms. The predicted octanol–water partition coefficient (Wildman–Crippen LogP) is 2.72. The van der Waals surface area contributed by atoms with Crippen LogP contribution >= 0.6 is 0 Å². The Balaban J connectivity index is 1.87. The van der Waals surface area contributed by atoms with E-state index in [-0.39, 0.29) is 5.91 Å². The molecule has 25 heavy (non-hydrogen) atoms. The first-order valence-electron chi connectivity index (χ1n) is 7.15. The zero-order valence-corrected chi connectivity index (χ0v) is 13.1. The zero-order valence-electron chi connectivity index (χ0n) is 13.1. The van der Waals surface area contributed by atoms with E-state index < -0.39 is 35.7 Å². The summed E-state index contributed by atoms with van der Waals surface area (Å²) in [7, 11) is 0. The molecular weight excluding hydrogens is 334 g/mol. The molecule has 6 nitrogen and oxygen atoms in total. The molecule has 0 heterocycles. The summed E-state index contributed by atoms with van der Waals surface area (Å²) in [5.74, 6) is -3.83. The van der Waals surface area contributed by atoms with Gasteiger partial charge >= 0.3 is 5.97 Å². The molecule has 0 saturated carbocycles. The second kappa shape index (κ2) is 8.00. The summed E-state index contributed by atoms with van der Waals surface area (Å²) >= 11 is 0.